The monoisotopic (exact) mass is 526 g/mol. The zero-order chi connectivity index (χ0) is 26.8. The van der Waals surface area contributed by atoms with Crippen LogP contribution in [0.1, 0.15) is 56.1 Å². The Morgan fingerprint density at radius 3 is 2.68 bits per heavy atom. The number of fused-ring (bicyclic) bond motifs is 1. The van der Waals surface area contributed by atoms with Crippen molar-refractivity contribution in [3.05, 3.63) is 46.9 Å². The lowest BCUT2D eigenvalue weighted by Crippen LogP contribution is -2.42. The van der Waals surface area contributed by atoms with E-state index in [0.717, 1.165) is 42.5 Å². The van der Waals surface area contributed by atoms with Crippen LogP contribution in [0.5, 0.6) is 0 Å². The van der Waals surface area contributed by atoms with Crippen molar-refractivity contribution < 1.29 is 18.3 Å². The first-order chi connectivity index (χ1) is 18.4. The van der Waals surface area contributed by atoms with E-state index in [0.29, 0.717) is 61.7 Å². The molecule has 3 N–H and O–H groups in total. The van der Waals surface area contributed by atoms with Crippen molar-refractivity contribution in [1.82, 2.24) is 20.4 Å². The van der Waals surface area contributed by atoms with Crippen molar-refractivity contribution >= 4 is 17.4 Å². The van der Waals surface area contributed by atoms with Crippen molar-refractivity contribution in [1.29, 1.82) is 5.41 Å². The Morgan fingerprint density at radius 1 is 1.21 bits per heavy atom. The lowest BCUT2D eigenvalue weighted by Gasteiger charge is -2.37. The number of nitrogens with zero attached hydrogens (tertiary/aromatic N) is 3. The van der Waals surface area contributed by atoms with Crippen LogP contribution < -0.4 is 15.5 Å². The van der Waals surface area contributed by atoms with E-state index in [-0.39, 0.29) is 23.4 Å². The van der Waals surface area contributed by atoms with Gasteiger partial charge in [-0.15, -0.1) is 0 Å². The van der Waals surface area contributed by atoms with E-state index in [2.05, 4.69) is 15.7 Å². The third kappa shape index (κ3) is 5.32. The summed E-state index contributed by atoms with van der Waals surface area (Å²) in [5, 5.41) is 19.9. The second-order valence-electron chi connectivity index (χ2n) is 10.4. The highest BCUT2D eigenvalue weighted by molar-refractivity contribution is 6.09. The molecule has 2 aromatic rings. The topological polar surface area (TPSA) is 95.3 Å². The first-order valence-electron chi connectivity index (χ1n) is 13.4. The van der Waals surface area contributed by atoms with E-state index < -0.39 is 6.43 Å². The zero-order valence-corrected chi connectivity index (χ0v) is 22.0. The van der Waals surface area contributed by atoms with E-state index in [1.165, 1.54) is 0 Å². The molecular weight excluding hydrogens is 490 g/mol. The van der Waals surface area contributed by atoms with Crippen molar-refractivity contribution in [2.24, 2.45) is 13.0 Å². The van der Waals surface area contributed by atoms with Gasteiger partial charge in [0, 0.05) is 80.1 Å². The normalized spacial score (nSPS) is 20.4. The lowest BCUT2D eigenvalue weighted by molar-refractivity contribution is -0.124. The van der Waals surface area contributed by atoms with Gasteiger partial charge in [0.05, 0.1) is 6.20 Å². The maximum atomic E-state index is 14.3. The summed E-state index contributed by atoms with van der Waals surface area (Å²) in [6.07, 6.45) is 5.88. The molecule has 1 fully saturated rings. The van der Waals surface area contributed by atoms with Gasteiger partial charge in [-0.2, -0.15) is 5.10 Å². The lowest BCUT2D eigenvalue weighted by atomic mass is 9.84. The Bertz CT molecular complexity index is 1230. The Balaban J connectivity index is 1.51. The fraction of sp³-hybridized carbons (Fsp3) is 0.536. The van der Waals surface area contributed by atoms with Crippen LogP contribution in [0.15, 0.2) is 35.8 Å². The van der Waals surface area contributed by atoms with Crippen molar-refractivity contribution in [2.45, 2.75) is 57.4 Å². The molecular formula is C28H36F2N6O2. The fourth-order valence-corrected chi connectivity index (χ4v) is 5.89. The molecule has 38 heavy (non-hydrogen) atoms. The molecule has 1 saturated heterocycles. The molecule has 3 heterocycles. The number of allylic oxidation sites excluding steroid dienone is 1. The van der Waals surface area contributed by atoms with Gasteiger partial charge in [0.15, 0.2) is 0 Å². The van der Waals surface area contributed by atoms with E-state index >= 15 is 0 Å². The number of nitrogens with one attached hydrogen (secondary N) is 3. The van der Waals surface area contributed by atoms with Crippen molar-refractivity contribution in [2.75, 3.05) is 31.7 Å². The predicted molar refractivity (Wildman–Crippen MR) is 142 cm³/mol. The number of amides is 1. The zero-order valence-electron chi connectivity index (χ0n) is 22.0. The molecule has 0 radical (unpaired) electrons. The molecule has 1 aliphatic carbocycles. The van der Waals surface area contributed by atoms with E-state index in [1.54, 1.807) is 37.2 Å². The summed E-state index contributed by atoms with van der Waals surface area (Å²) >= 11 is 0. The highest BCUT2D eigenvalue weighted by atomic mass is 19.3. The highest BCUT2D eigenvalue weighted by Gasteiger charge is 2.33. The molecule has 0 saturated carbocycles. The van der Waals surface area contributed by atoms with Gasteiger partial charge >= 0.3 is 0 Å². The summed E-state index contributed by atoms with van der Waals surface area (Å²) in [4.78, 5) is 14.4. The van der Waals surface area contributed by atoms with Gasteiger partial charge in [0.2, 0.25) is 5.91 Å². The van der Waals surface area contributed by atoms with Gasteiger partial charge in [-0.1, -0.05) is 0 Å². The quantitative estimate of drug-likeness (QED) is 0.385. The number of halogens is 2. The number of aryl methyl sites for hydroxylation is 2. The molecule has 204 valence electrons. The molecule has 5 rings (SSSR count). The molecule has 1 aromatic heterocycles. The third-order valence-electron chi connectivity index (χ3n) is 7.95. The Hall–Kier alpha value is -3.27. The number of aromatic nitrogens is 2. The average Bonchev–Trinajstić information content (AvgIpc) is 3.38. The number of hydrogen-bond acceptors (Lipinski definition) is 5. The molecule has 1 atom stereocenters. The minimum Gasteiger partial charge on any atom is -0.385 e. The van der Waals surface area contributed by atoms with Gasteiger partial charge in [-0.25, -0.2) is 8.78 Å². The average molecular weight is 527 g/mol. The number of hydrogen-bond donors (Lipinski definition) is 3. The van der Waals surface area contributed by atoms with Crippen LogP contribution in [-0.4, -0.2) is 54.4 Å². The molecule has 10 heteroatoms. The van der Waals surface area contributed by atoms with Crippen LogP contribution in [0.25, 0.3) is 11.1 Å². The van der Waals surface area contributed by atoms with Crippen LogP contribution in [0.2, 0.25) is 0 Å². The predicted octanol–water partition coefficient (Wildman–Crippen LogP) is 4.32. The first-order valence-corrected chi connectivity index (χ1v) is 13.4. The first kappa shape index (κ1) is 26.3. The Labute approximate surface area is 221 Å². The van der Waals surface area contributed by atoms with Gasteiger partial charge < -0.3 is 20.3 Å². The van der Waals surface area contributed by atoms with Crippen molar-refractivity contribution in [3.8, 4) is 11.1 Å². The molecule has 1 aromatic carbocycles. The second kappa shape index (κ2) is 11.2. The van der Waals surface area contributed by atoms with Gasteiger partial charge in [0.25, 0.3) is 6.43 Å². The molecule has 1 unspecified atom stereocenters. The summed E-state index contributed by atoms with van der Waals surface area (Å²) in [5.74, 6) is 0.0495. The van der Waals surface area contributed by atoms with Crippen molar-refractivity contribution in [3.63, 3.8) is 0 Å². The van der Waals surface area contributed by atoms with E-state index in [4.69, 9.17) is 4.74 Å². The summed E-state index contributed by atoms with van der Waals surface area (Å²) in [5.41, 5.74) is 4.49. The van der Waals surface area contributed by atoms with Crippen LogP contribution >= 0.6 is 0 Å². The number of carbonyl (C=O) groups excluding carboxylic acids is 1. The maximum absolute atomic E-state index is 14.3. The summed E-state index contributed by atoms with van der Waals surface area (Å²) in [6.45, 7) is 1.97. The maximum Gasteiger partial charge on any atom is 0.264 e. The molecule has 8 nitrogen and oxygen atoms in total. The number of alkyl halides is 2. The second-order valence-corrected chi connectivity index (χ2v) is 10.4. The Morgan fingerprint density at radius 2 is 2.00 bits per heavy atom. The third-order valence-corrected chi connectivity index (χ3v) is 7.95. The minimum absolute atomic E-state index is 0.0273. The molecule has 1 amide bonds. The standard InChI is InChI=1S/C28H36F2N6O2/c1-32-28(37)18-5-6-24(34-20-7-10-38-11-8-20)23(13-18)27(31)36-9-3-4-17-12-21(19-15-33-35(2)16-19)22(26(29)30)14-25(17)36/h12,14-16,18,20,26,31,34H,3-11,13H2,1-2H3,(H,32,37). The number of anilines is 1. The number of carbonyl (C=O) groups is 1. The van der Waals surface area contributed by atoms with Gasteiger partial charge in [0.1, 0.15) is 5.84 Å². The SMILES string of the molecule is CNC(=O)C1CCC(NC2CCOCC2)=C(C(=N)N2CCCc3cc(-c4cnn(C)c4)c(C(F)F)cc32)C1. The largest absolute Gasteiger partial charge is 0.385 e. The van der Waals surface area contributed by atoms with Crippen LogP contribution in [0.4, 0.5) is 14.5 Å². The summed E-state index contributed by atoms with van der Waals surface area (Å²) in [7, 11) is 3.41. The summed E-state index contributed by atoms with van der Waals surface area (Å²) < 4.78 is 35.7. The fourth-order valence-electron chi connectivity index (χ4n) is 5.89. The smallest absolute Gasteiger partial charge is 0.264 e. The molecule has 0 spiro atoms. The minimum atomic E-state index is -2.66. The number of ether oxygens (including phenoxy) is 1. The highest BCUT2D eigenvalue weighted by Crippen LogP contribution is 2.40. The number of benzene rings is 1. The van der Waals surface area contributed by atoms with E-state index in [9.17, 15) is 19.0 Å². The molecule has 2 aliphatic heterocycles. The van der Waals surface area contributed by atoms with Crippen LogP contribution in [0.3, 0.4) is 0 Å². The number of amidine groups is 1. The van der Waals surface area contributed by atoms with Crippen LogP contribution in [0, 0.1) is 11.3 Å². The Kier molecular flexibility index (Phi) is 7.78. The summed E-state index contributed by atoms with van der Waals surface area (Å²) in [6, 6.07) is 3.66. The van der Waals surface area contributed by atoms with Gasteiger partial charge in [-0.05, 0) is 68.2 Å². The molecule has 3 aliphatic rings. The van der Waals surface area contributed by atoms with Crippen LogP contribution in [-0.2, 0) is 23.0 Å². The molecule has 0 bridgehead atoms. The van der Waals surface area contributed by atoms with E-state index in [1.807, 2.05) is 11.0 Å². The number of rotatable bonds is 6. The van der Waals surface area contributed by atoms with Gasteiger partial charge in [-0.3, -0.25) is 14.9 Å².